The Balaban J connectivity index is 0.000000244. The average molecular weight is 513 g/mol. The van der Waals surface area contributed by atoms with Crippen LogP contribution in [-0.4, -0.2) is 30.0 Å². The van der Waals surface area contributed by atoms with Crippen molar-refractivity contribution in [2.24, 2.45) is 11.8 Å². The van der Waals surface area contributed by atoms with Gasteiger partial charge in [-0.25, -0.2) is 0 Å². The third-order valence-electron chi connectivity index (χ3n) is 7.15. The van der Waals surface area contributed by atoms with Crippen LogP contribution >= 0.6 is 0 Å². The van der Waals surface area contributed by atoms with E-state index in [0.29, 0.717) is 17.5 Å². The van der Waals surface area contributed by atoms with E-state index in [-0.39, 0.29) is 21.2 Å². The minimum Gasteiger partial charge on any atom is -0.379 e. The Bertz CT molecular complexity index is 956. The van der Waals surface area contributed by atoms with Crippen molar-refractivity contribution in [3.63, 3.8) is 0 Å². The van der Waals surface area contributed by atoms with Gasteiger partial charge in [0.25, 0.3) is 11.4 Å². The molecule has 1 N–H and O–H groups in total. The summed E-state index contributed by atoms with van der Waals surface area (Å²) in [6.07, 6.45) is 12.9. The molecule has 0 aliphatic heterocycles. The van der Waals surface area contributed by atoms with Crippen molar-refractivity contribution in [1.29, 1.82) is 0 Å². The molecule has 0 atom stereocenters. The van der Waals surface area contributed by atoms with Crippen molar-refractivity contribution in [1.82, 2.24) is 0 Å². The zero-order chi connectivity index (χ0) is 27.0. The van der Waals surface area contributed by atoms with E-state index in [0.717, 1.165) is 18.8 Å². The second kappa shape index (κ2) is 16.6. The Morgan fingerprint density at radius 1 is 0.757 bits per heavy atom. The van der Waals surface area contributed by atoms with Crippen LogP contribution in [0, 0.1) is 32.1 Å². The van der Waals surface area contributed by atoms with Gasteiger partial charge in [0.2, 0.25) is 0 Å². The Labute approximate surface area is 221 Å². The normalized spacial score (nSPS) is 15.9. The Hall–Kier alpha value is -3.16. The molecule has 2 aromatic carbocycles. The maximum atomic E-state index is 11.0. The van der Waals surface area contributed by atoms with Gasteiger partial charge in [0.1, 0.15) is 11.4 Å². The van der Waals surface area contributed by atoms with E-state index in [1.165, 1.54) is 64.2 Å². The maximum absolute atomic E-state index is 11.0. The van der Waals surface area contributed by atoms with E-state index in [9.17, 15) is 20.2 Å². The Morgan fingerprint density at radius 3 is 1.81 bits per heavy atom. The van der Waals surface area contributed by atoms with Gasteiger partial charge in [-0.05, 0) is 49.7 Å². The molecule has 0 saturated heterocycles. The maximum Gasteiger partial charge on any atom is 0.292 e. The summed E-state index contributed by atoms with van der Waals surface area (Å²) < 4.78 is 0. The first kappa shape index (κ1) is 30.1. The second-order valence-corrected chi connectivity index (χ2v) is 9.79. The fourth-order valence-electron chi connectivity index (χ4n) is 5.22. The minimum atomic E-state index is -0.330. The third kappa shape index (κ3) is 10.0. The smallest absolute Gasteiger partial charge is 0.292 e. The summed E-state index contributed by atoms with van der Waals surface area (Å²) in [6.45, 7) is 5.77. The van der Waals surface area contributed by atoms with E-state index in [1.54, 1.807) is 30.3 Å². The molecule has 4 rings (SSSR count). The molecule has 0 spiro atoms. The first-order valence-electron chi connectivity index (χ1n) is 13.9. The fourth-order valence-corrected chi connectivity index (χ4v) is 5.22. The molecule has 2 aliphatic rings. The molecule has 204 valence electrons. The van der Waals surface area contributed by atoms with Crippen LogP contribution in [0.2, 0.25) is 0 Å². The van der Waals surface area contributed by atoms with Gasteiger partial charge in [-0.3, -0.25) is 20.2 Å². The largest absolute Gasteiger partial charge is 0.379 e. The van der Waals surface area contributed by atoms with Crippen molar-refractivity contribution in [3.05, 3.63) is 68.8 Å². The molecule has 2 aromatic rings. The number of rotatable bonds is 8. The van der Waals surface area contributed by atoms with Crippen LogP contribution in [0.25, 0.3) is 0 Å². The van der Waals surface area contributed by atoms with Gasteiger partial charge in [-0.1, -0.05) is 76.6 Å². The Kier molecular flexibility index (Phi) is 13.5. The van der Waals surface area contributed by atoms with Gasteiger partial charge >= 0.3 is 0 Å². The molecule has 2 fully saturated rings. The molecule has 8 nitrogen and oxygen atoms in total. The highest BCUT2D eigenvalue weighted by Gasteiger charge is 2.20. The zero-order valence-electron chi connectivity index (χ0n) is 22.7. The van der Waals surface area contributed by atoms with Crippen LogP contribution in [0.15, 0.2) is 48.5 Å². The van der Waals surface area contributed by atoms with E-state index < -0.39 is 0 Å². The number of nitro groups is 2. The molecule has 0 unspecified atom stereocenters. The molecule has 2 saturated carbocycles. The minimum absolute atomic E-state index is 0.170. The van der Waals surface area contributed by atoms with Gasteiger partial charge in [-0.15, -0.1) is 0 Å². The second-order valence-electron chi connectivity index (χ2n) is 9.79. The standard InChI is InChI=1S/C14H20N2O2.C13H18N2O2.C2H6/c1-15(11-12-7-3-2-4-8-12)13-9-5-6-10-14(13)16(17)18;16-15(17)13-9-5-4-8-12(13)14-10-11-6-2-1-3-7-11;1-2/h5-6,9-10,12H,2-4,7-8,11H2,1H3;4-5,8-9,11,14H,1-3,6-7,10H2;1-2H3. The zero-order valence-corrected chi connectivity index (χ0v) is 22.7. The lowest BCUT2D eigenvalue weighted by Gasteiger charge is -2.28. The lowest BCUT2D eigenvalue weighted by Crippen LogP contribution is -2.27. The van der Waals surface area contributed by atoms with Crippen LogP contribution < -0.4 is 10.2 Å². The van der Waals surface area contributed by atoms with Crippen molar-refractivity contribution in [3.8, 4) is 0 Å². The number of para-hydroxylation sites is 4. The van der Waals surface area contributed by atoms with Gasteiger partial charge in [0.05, 0.1) is 9.85 Å². The molecule has 0 bridgehead atoms. The number of benzene rings is 2. The first-order chi connectivity index (χ1) is 18.0. The Morgan fingerprint density at radius 2 is 1.24 bits per heavy atom. The van der Waals surface area contributed by atoms with Gasteiger partial charge in [0.15, 0.2) is 0 Å². The number of nitrogens with one attached hydrogen (secondary N) is 1. The number of nitrogens with zero attached hydrogens (tertiary/aromatic N) is 3. The predicted molar refractivity (Wildman–Crippen MR) is 152 cm³/mol. The summed E-state index contributed by atoms with van der Waals surface area (Å²) >= 11 is 0. The monoisotopic (exact) mass is 512 g/mol. The van der Waals surface area contributed by atoms with Gasteiger partial charge < -0.3 is 10.2 Å². The summed E-state index contributed by atoms with van der Waals surface area (Å²) in [7, 11) is 1.96. The molecule has 0 heterocycles. The third-order valence-corrected chi connectivity index (χ3v) is 7.15. The molecule has 2 aliphatic carbocycles. The highest BCUT2D eigenvalue weighted by molar-refractivity contribution is 5.62. The summed E-state index contributed by atoms with van der Waals surface area (Å²) in [6, 6.07) is 13.8. The van der Waals surface area contributed by atoms with Gasteiger partial charge in [0, 0.05) is 32.3 Å². The number of nitro benzene ring substituents is 2. The fraction of sp³-hybridized carbons (Fsp3) is 0.586. The summed E-state index contributed by atoms with van der Waals surface area (Å²) in [5, 5.41) is 25.1. The van der Waals surface area contributed by atoms with Crippen LogP contribution in [0.4, 0.5) is 22.7 Å². The molecule has 0 aromatic heterocycles. The van der Waals surface area contributed by atoms with Crippen molar-refractivity contribution >= 4 is 22.7 Å². The van der Waals surface area contributed by atoms with Crippen molar-refractivity contribution in [2.45, 2.75) is 78.1 Å². The number of anilines is 2. The van der Waals surface area contributed by atoms with E-state index in [4.69, 9.17) is 0 Å². The van der Waals surface area contributed by atoms with E-state index in [1.807, 2.05) is 44.0 Å². The van der Waals surface area contributed by atoms with Crippen LogP contribution in [-0.2, 0) is 0 Å². The number of hydrogen-bond donors (Lipinski definition) is 1. The highest BCUT2D eigenvalue weighted by atomic mass is 16.6. The van der Waals surface area contributed by atoms with E-state index >= 15 is 0 Å². The SMILES string of the molecule is CC.CN(CC1CCCCC1)c1ccccc1[N+](=O)[O-].O=[N+]([O-])c1ccccc1NCC1CCCCC1. The van der Waals surface area contributed by atoms with Crippen LogP contribution in [0.3, 0.4) is 0 Å². The lowest BCUT2D eigenvalue weighted by atomic mass is 9.89. The predicted octanol–water partition coefficient (Wildman–Crippen LogP) is 8.22. The summed E-state index contributed by atoms with van der Waals surface area (Å²) in [5.74, 6) is 1.35. The topological polar surface area (TPSA) is 102 Å². The summed E-state index contributed by atoms with van der Waals surface area (Å²) in [4.78, 5) is 23.2. The molecular formula is C29H44N4O4. The summed E-state index contributed by atoms with van der Waals surface area (Å²) in [5.41, 5.74) is 1.75. The van der Waals surface area contributed by atoms with Crippen molar-refractivity contribution in [2.75, 3.05) is 30.4 Å². The quantitative estimate of drug-likeness (QED) is 0.282. The number of hydrogen-bond acceptors (Lipinski definition) is 6. The molecule has 0 amide bonds. The van der Waals surface area contributed by atoms with Crippen LogP contribution in [0.5, 0.6) is 0 Å². The van der Waals surface area contributed by atoms with E-state index in [2.05, 4.69) is 5.32 Å². The highest BCUT2D eigenvalue weighted by Crippen LogP contribution is 2.30. The van der Waals surface area contributed by atoms with Crippen molar-refractivity contribution < 1.29 is 9.85 Å². The first-order valence-corrected chi connectivity index (χ1v) is 13.9. The molecule has 37 heavy (non-hydrogen) atoms. The van der Waals surface area contributed by atoms with Gasteiger partial charge in [-0.2, -0.15) is 0 Å². The van der Waals surface area contributed by atoms with Crippen LogP contribution in [0.1, 0.15) is 78.1 Å². The average Bonchev–Trinajstić information content (AvgIpc) is 2.94. The molecule has 0 radical (unpaired) electrons. The lowest BCUT2D eigenvalue weighted by molar-refractivity contribution is -0.384. The molecule has 8 heteroatoms. The molecular weight excluding hydrogens is 468 g/mol.